The second-order valence-electron chi connectivity index (χ2n) is 3.03. The number of amidine groups is 1. The molecule has 5 nitrogen and oxygen atoms in total. The molecular formula is C10H14N4O. The zero-order valence-electron chi connectivity index (χ0n) is 8.87. The van der Waals surface area contributed by atoms with E-state index in [4.69, 9.17) is 10.1 Å². The minimum atomic E-state index is -0.0834. The minimum Gasteiger partial charge on any atom is -0.461 e. The Morgan fingerprint density at radius 3 is 2.67 bits per heavy atom. The maximum Gasteiger partial charge on any atom is 0.289 e. The van der Waals surface area contributed by atoms with Crippen LogP contribution < -0.4 is 5.32 Å². The molecule has 0 fully saturated rings. The molecule has 1 aromatic rings. The van der Waals surface area contributed by atoms with Gasteiger partial charge in [-0.05, 0) is 19.9 Å². The second kappa shape index (κ2) is 5.09. The predicted octanol–water partition coefficient (Wildman–Crippen LogP) is 1.64. The molecule has 0 atom stereocenters. The standard InChI is InChI=1S/C10H14N4O/c1-4-5-15-9(11)14-10-12-7(2)6-8(3)13-10/h4,6H,1,5H2,2-3H3,(H2,11,12,13,14). The monoisotopic (exact) mass is 206 g/mol. The third-order valence-corrected chi connectivity index (χ3v) is 1.55. The molecule has 1 rings (SSSR count). The average molecular weight is 206 g/mol. The van der Waals surface area contributed by atoms with E-state index in [0.29, 0.717) is 5.95 Å². The SMILES string of the molecule is C=CCOC(=N)Nc1nc(C)cc(C)n1. The average Bonchev–Trinajstić information content (AvgIpc) is 2.13. The van der Waals surface area contributed by atoms with Gasteiger partial charge in [0.2, 0.25) is 5.95 Å². The van der Waals surface area contributed by atoms with Gasteiger partial charge < -0.3 is 4.74 Å². The number of nitrogens with zero attached hydrogens (tertiary/aromatic N) is 2. The Bertz CT molecular complexity index is 355. The summed E-state index contributed by atoms with van der Waals surface area (Å²) in [6.45, 7) is 7.51. The Morgan fingerprint density at radius 2 is 2.13 bits per heavy atom. The quantitative estimate of drug-likeness (QED) is 0.448. The first kappa shape index (κ1) is 11.2. The summed E-state index contributed by atoms with van der Waals surface area (Å²) in [4.78, 5) is 8.23. The molecule has 15 heavy (non-hydrogen) atoms. The highest BCUT2D eigenvalue weighted by molar-refractivity contribution is 5.84. The largest absolute Gasteiger partial charge is 0.461 e. The second-order valence-corrected chi connectivity index (χ2v) is 3.03. The lowest BCUT2D eigenvalue weighted by Crippen LogP contribution is -2.17. The van der Waals surface area contributed by atoms with Gasteiger partial charge in [0, 0.05) is 11.4 Å². The first-order valence-corrected chi connectivity index (χ1v) is 4.53. The van der Waals surface area contributed by atoms with Crippen LogP contribution in [0.3, 0.4) is 0 Å². The molecule has 0 aliphatic carbocycles. The van der Waals surface area contributed by atoms with Crippen molar-refractivity contribution in [1.29, 1.82) is 5.41 Å². The van der Waals surface area contributed by atoms with E-state index >= 15 is 0 Å². The van der Waals surface area contributed by atoms with Crippen molar-refractivity contribution in [3.63, 3.8) is 0 Å². The summed E-state index contributed by atoms with van der Waals surface area (Å²) in [6, 6.07) is 1.78. The normalized spacial score (nSPS) is 9.47. The Kier molecular flexibility index (Phi) is 3.79. The highest BCUT2D eigenvalue weighted by Gasteiger charge is 2.02. The fourth-order valence-electron chi connectivity index (χ4n) is 1.06. The fraction of sp³-hybridized carbons (Fsp3) is 0.300. The van der Waals surface area contributed by atoms with Gasteiger partial charge in [-0.15, -0.1) is 0 Å². The summed E-state index contributed by atoms with van der Waals surface area (Å²) in [5, 5.41) is 10.1. The fourth-order valence-corrected chi connectivity index (χ4v) is 1.06. The summed E-state index contributed by atoms with van der Waals surface area (Å²) < 4.78 is 4.95. The molecule has 1 aromatic heterocycles. The van der Waals surface area contributed by atoms with Gasteiger partial charge in [-0.3, -0.25) is 10.7 Å². The first-order valence-electron chi connectivity index (χ1n) is 4.53. The van der Waals surface area contributed by atoms with Crippen molar-refractivity contribution in [2.45, 2.75) is 13.8 Å². The van der Waals surface area contributed by atoms with Crippen LogP contribution >= 0.6 is 0 Å². The van der Waals surface area contributed by atoms with E-state index in [1.165, 1.54) is 0 Å². The number of aryl methyl sites for hydroxylation is 2. The van der Waals surface area contributed by atoms with Gasteiger partial charge in [-0.1, -0.05) is 12.7 Å². The summed E-state index contributed by atoms with van der Waals surface area (Å²) in [6.07, 6.45) is 1.57. The first-order chi connectivity index (χ1) is 7.11. The number of nitrogens with one attached hydrogen (secondary N) is 2. The molecule has 0 radical (unpaired) electrons. The van der Waals surface area contributed by atoms with Gasteiger partial charge in [0.15, 0.2) is 0 Å². The smallest absolute Gasteiger partial charge is 0.289 e. The van der Waals surface area contributed by atoms with Crippen LogP contribution in [0.2, 0.25) is 0 Å². The molecule has 0 spiro atoms. The van der Waals surface area contributed by atoms with E-state index in [1.54, 1.807) is 6.08 Å². The van der Waals surface area contributed by atoms with Crippen LogP contribution in [0.15, 0.2) is 18.7 Å². The van der Waals surface area contributed by atoms with Gasteiger partial charge in [0.05, 0.1) is 0 Å². The third kappa shape index (κ3) is 3.76. The number of rotatable bonds is 3. The van der Waals surface area contributed by atoms with Crippen molar-refractivity contribution in [1.82, 2.24) is 9.97 Å². The van der Waals surface area contributed by atoms with Crippen LogP contribution in [-0.4, -0.2) is 22.6 Å². The van der Waals surface area contributed by atoms with E-state index in [0.717, 1.165) is 11.4 Å². The van der Waals surface area contributed by atoms with Crippen molar-refractivity contribution in [2.75, 3.05) is 11.9 Å². The lowest BCUT2D eigenvalue weighted by molar-refractivity contribution is 0.346. The predicted molar refractivity (Wildman–Crippen MR) is 59.0 cm³/mol. The Hall–Kier alpha value is -1.91. The molecule has 0 saturated heterocycles. The van der Waals surface area contributed by atoms with E-state index in [-0.39, 0.29) is 12.6 Å². The number of hydrogen-bond donors (Lipinski definition) is 2. The molecule has 5 heteroatoms. The van der Waals surface area contributed by atoms with Crippen molar-refractivity contribution in [3.05, 3.63) is 30.1 Å². The summed E-state index contributed by atoms with van der Waals surface area (Å²) in [5.41, 5.74) is 1.70. The van der Waals surface area contributed by atoms with Gasteiger partial charge in [0.25, 0.3) is 6.02 Å². The van der Waals surface area contributed by atoms with Crippen molar-refractivity contribution < 1.29 is 4.74 Å². The summed E-state index contributed by atoms with van der Waals surface area (Å²) in [5.74, 6) is 0.376. The van der Waals surface area contributed by atoms with Crippen LogP contribution in [0.4, 0.5) is 5.95 Å². The molecule has 0 aliphatic rings. The van der Waals surface area contributed by atoms with E-state index in [1.807, 2.05) is 19.9 Å². The van der Waals surface area contributed by atoms with Crippen molar-refractivity contribution in [3.8, 4) is 0 Å². The van der Waals surface area contributed by atoms with E-state index < -0.39 is 0 Å². The van der Waals surface area contributed by atoms with Gasteiger partial charge in [0.1, 0.15) is 6.61 Å². The van der Waals surface area contributed by atoms with Crippen molar-refractivity contribution >= 4 is 12.0 Å². The summed E-state index contributed by atoms with van der Waals surface area (Å²) >= 11 is 0. The number of ether oxygens (including phenoxy) is 1. The molecule has 2 N–H and O–H groups in total. The van der Waals surface area contributed by atoms with E-state index in [9.17, 15) is 0 Å². The Labute approximate surface area is 88.7 Å². The number of anilines is 1. The van der Waals surface area contributed by atoms with Gasteiger partial charge in [-0.2, -0.15) is 0 Å². The van der Waals surface area contributed by atoms with Crippen molar-refractivity contribution in [2.24, 2.45) is 0 Å². The maximum absolute atomic E-state index is 7.41. The third-order valence-electron chi connectivity index (χ3n) is 1.55. The highest BCUT2D eigenvalue weighted by atomic mass is 16.5. The lowest BCUT2D eigenvalue weighted by Gasteiger charge is -2.07. The van der Waals surface area contributed by atoms with Crippen LogP contribution in [0.5, 0.6) is 0 Å². The Morgan fingerprint density at radius 1 is 1.53 bits per heavy atom. The van der Waals surface area contributed by atoms with Crippen LogP contribution in [-0.2, 0) is 4.74 Å². The van der Waals surface area contributed by atoms with Crippen LogP contribution in [0.1, 0.15) is 11.4 Å². The molecule has 80 valence electrons. The molecule has 0 saturated carbocycles. The summed E-state index contributed by atoms with van der Waals surface area (Å²) in [7, 11) is 0. The van der Waals surface area contributed by atoms with Crippen LogP contribution in [0.25, 0.3) is 0 Å². The van der Waals surface area contributed by atoms with Gasteiger partial charge in [-0.25, -0.2) is 9.97 Å². The zero-order chi connectivity index (χ0) is 11.3. The molecule has 0 aliphatic heterocycles. The molecular weight excluding hydrogens is 192 g/mol. The molecule has 0 unspecified atom stereocenters. The molecule has 0 bridgehead atoms. The number of hydrogen-bond acceptors (Lipinski definition) is 4. The maximum atomic E-state index is 7.41. The minimum absolute atomic E-state index is 0.0834. The van der Waals surface area contributed by atoms with Crippen LogP contribution in [0, 0.1) is 19.3 Å². The lowest BCUT2D eigenvalue weighted by atomic mass is 10.4. The Balaban J connectivity index is 2.63. The van der Waals surface area contributed by atoms with E-state index in [2.05, 4.69) is 21.9 Å². The molecule has 0 aromatic carbocycles. The topological polar surface area (TPSA) is 70.9 Å². The zero-order valence-corrected chi connectivity index (χ0v) is 8.87. The molecule has 1 heterocycles. The highest BCUT2D eigenvalue weighted by Crippen LogP contribution is 2.03. The molecule has 0 amide bonds. The van der Waals surface area contributed by atoms with Gasteiger partial charge >= 0.3 is 0 Å². The number of aromatic nitrogens is 2.